The van der Waals surface area contributed by atoms with Crippen molar-refractivity contribution < 1.29 is 19.4 Å². The lowest BCUT2D eigenvalue weighted by atomic mass is 10.1. The van der Waals surface area contributed by atoms with E-state index in [-0.39, 0.29) is 36.3 Å². The molecular formula is C19H16N4O4. The van der Waals surface area contributed by atoms with Crippen LogP contribution in [0, 0.1) is 0 Å². The predicted octanol–water partition coefficient (Wildman–Crippen LogP) is 2.55. The smallest absolute Gasteiger partial charge is 0.339 e. The highest BCUT2D eigenvalue weighted by Crippen LogP contribution is 2.23. The van der Waals surface area contributed by atoms with Crippen molar-refractivity contribution in [2.75, 3.05) is 11.9 Å². The zero-order chi connectivity index (χ0) is 18.8. The van der Waals surface area contributed by atoms with Gasteiger partial charge in [0.15, 0.2) is 5.82 Å². The Hall–Kier alpha value is -3.68. The molecule has 0 radical (unpaired) electrons. The van der Waals surface area contributed by atoms with Crippen molar-refractivity contribution in [2.24, 2.45) is 0 Å². The molecular weight excluding hydrogens is 348 g/mol. The van der Waals surface area contributed by atoms with E-state index >= 15 is 0 Å². The SMILES string of the molecule is O=C(O)c1ccccc1OCC1CC(=O)n2nc(-c3ccccc3)nc2N1. The van der Waals surface area contributed by atoms with Crippen LogP contribution in [0.15, 0.2) is 54.6 Å². The van der Waals surface area contributed by atoms with E-state index in [9.17, 15) is 14.7 Å². The summed E-state index contributed by atoms with van der Waals surface area (Å²) in [7, 11) is 0. The van der Waals surface area contributed by atoms with Crippen LogP contribution in [0.5, 0.6) is 5.75 Å². The molecule has 4 rings (SSSR count). The maximum atomic E-state index is 12.4. The van der Waals surface area contributed by atoms with Gasteiger partial charge < -0.3 is 15.2 Å². The van der Waals surface area contributed by atoms with Crippen molar-refractivity contribution in [1.29, 1.82) is 0 Å². The Kier molecular flexibility index (Phi) is 4.29. The number of hydrogen-bond acceptors (Lipinski definition) is 6. The number of carbonyl (C=O) groups excluding carboxylic acids is 1. The number of nitrogens with zero attached hydrogens (tertiary/aromatic N) is 3. The van der Waals surface area contributed by atoms with E-state index in [0.717, 1.165) is 5.56 Å². The van der Waals surface area contributed by atoms with Gasteiger partial charge in [0.1, 0.15) is 17.9 Å². The normalized spacial score (nSPS) is 15.7. The first-order valence-corrected chi connectivity index (χ1v) is 8.39. The molecule has 2 aromatic carbocycles. The minimum absolute atomic E-state index is 0.0779. The van der Waals surface area contributed by atoms with Gasteiger partial charge in [-0.3, -0.25) is 4.79 Å². The topological polar surface area (TPSA) is 106 Å². The Morgan fingerprint density at radius 1 is 1.19 bits per heavy atom. The zero-order valence-electron chi connectivity index (χ0n) is 14.2. The number of carboxylic acid groups (broad SMARTS) is 1. The molecule has 27 heavy (non-hydrogen) atoms. The van der Waals surface area contributed by atoms with E-state index in [2.05, 4.69) is 15.4 Å². The van der Waals surface area contributed by atoms with Crippen LogP contribution in [0.3, 0.4) is 0 Å². The van der Waals surface area contributed by atoms with Crippen molar-refractivity contribution in [3.05, 3.63) is 60.2 Å². The molecule has 3 aromatic rings. The lowest BCUT2D eigenvalue weighted by Crippen LogP contribution is -2.38. The van der Waals surface area contributed by atoms with Crippen LogP contribution in [0.2, 0.25) is 0 Å². The predicted molar refractivity (Wildman–Crippen MR) is 97.0 cm³/mol. The number of carboxylic acids is 1. The monoisotopic (exact) mass is 364 g/mol. The molecule has 1 aliphatic rings. The first-order valence-electron chi connectivity index (χ1n) is 8.39. The van der Waals surface area contributed by atoms with E-state index in [1.165, 1.54) is 10.7 Å². The largest absolute Gasteiger partial charge is 0.491 e. The summed E-state index contributed by atoms with van der Waals surface area (Å²) in [5.74, 6) is -0.185. The van der Waals surface area contributed by atoms with Gasteiger partial charge >= 0.3 is 5.97 Å². The molecule has 0 amide bonds. The van der Waals surface area contributed by atoms with Gasteiger partial charge in [-0.05, 0) is 12.1 Å². The third-order valence-electron chi connectivity index (χ3n) is 4.19. The number of rotatable bonds is 5. The van der Waals surface area contributed by atoms with Crippen LogP contribution in [0.4, 0.5) is 5.95 Å². The van der Waals surface area contributed by atoms with Crippen LogP contribution in [0.25, 0.3) is 11.4 Å². The molecule has 2 heterocycles. The first-order chi connectivity index (χ1) is 13.1. The van der Waals surface area contributed by atoms with Crippen LogP contribution < -0.4 is 10.1 Å². The Balaban J connectivity index is 1.50. The molecule has 2 N–H and O–H groups in total. The molecule has 1 atom stereocenters. The summed E-state index contributed by atoms with van der Waals surface area (Å²) in [5.41, 5.74) is 0.895. The van der Waals surface area contributed by atoms with E-state index in [1.54, 1.807) is 18.2 Å². The molecule has 0 bridgehead atoms. The van der Waals surface area contributed by atoms with Gasteiger partial charge in [-0.25, -0.2) is 4.79 Å². The third-order valence-corrected chi connectivity index (χ3v) is 4.19. The Morgan fingerprint density at radius 3 is 2.70 bits per heavy atom. The molecule has 8 nitrogen and oxygen atoms in total. The molecule has 0 saturated carbocycles. The molecule has 0 aliphatic carbocycles. The second-order valence-electron chi connectivity index (χ2n) is 6.09. The number of nitrogens with one attached hydrogen (secondary N) is 1. The molecule has 0 saturated heterocycles. The number of hydrogen-bond donors (Lipinski definition) is 2. The summed E-state index contributed by atoms with van der Waals surface area (Å²) in [6.07, 6.45) is 0.166. The Bertz CT molecular complexity index is 1000. The number of fused-ring (bicyclic) bond motifs is 1. The standard InChI is InChI=1S/C19H16N4O4/c24-16-10-13(11-27-15-9-5-4-8-14(15)18(25)26)20-19-21-17(22-23(16)19)12-6-2-1-3-7-12/h1-9,13H,10-11H2,(H,25,26)(H,20,21,22). The summed E-state index contributed by atoms with van der Waals surface area (Å²) >= 11 is 0. The van der Waals surface area contributed by atoms with E-state index in [1.807, 2.05) is 30.3 Å². The van der Waals surface area contributed by atoms with Gasteiger partial charge in [-0.15, -0.1) is 5.10 Å². The summed E-state index contributed by atoms with van der Waals surface area (Å²) in [5, 5.41) is 16.6. The number of aromatic nitrogens is 3. The average molecular weight is 364 g/mol. The summed E-state index contributed by atoms with van der Waals surface area (Å²) in [6, 6.07) is 15.4. The number of benzene rings is 2. The van der Waals surface area contributed by atoms with Crippen molar-refractivity contribution in [3.8, 4) is 17.1 Å². The van der Waals surface area contributed by atoms with Gasteiger partial charge in [0.05, 0.1) is 12.5 Å². The Labute approximate surface area is 154 Å². The van der Waals surface area contributed by atoms with Crippen molar-refractivity contribution in [1.82, 2.24) is 14.8 Å². The molecule has 136 valence electrons. The maximum Gasteiger partial charge on any atom is 0.339 e. The van der Waals surface area contributed by atoms with Crippen LogP contribution in [0.1, 0.15) is 21.6 Å². The van der Waals surface area contributed by atoms with Crippen molar-refractivity contribution >= 4 is 17.8 Å². The number of anilines is 1. The second-order valence-corrected chi connectivity index (χ2v) is 6.09. The fourth-order valence-corrected chi connectivity index (χ4v) is 2.88. The fourth-order valence-electron chi connectivity index (χ4n) is 2.88. The van der Waals surface area contributed by atoms with Crippen molar-refractivity contribution in [2.45, 2.75) is 12.5 Å². The quantitative estimate of drug-likeness (QED) is 0.716. The van der Waals surface area contributed by atoms with Gasteiger partial charge in [0, 0.05) is 5.56 Å². The number of para-hydroxylation sites is 1. The summed E-state index contributed by atoms with van der Waals surface area (Å²) in [6.45, 7) is 0.129. The highest BCUT2D eigenvalue weighted by molar-refractivity contribution is 5.90. The highest BCUT2D eigenvalue weighted by Gasteiger charge is 2.28. The van der Waals surface area contributed by atoms with Crippen LogP contribution in [-0.4, -0.2) is 44.4 Å². The highest BCUT2D eigenvalue weighted by atomic mass is 16.5. The van der Waals surface area contributed by atoms with Gasteiger partial charge in [0.2, 0.25) is 5.95 Å². The minimum atomic E-state index is -1.06. The van der Waals surface area contributed by atoms with E-state index in [0.29, 0.717) is 11.8 Å². The molecule has 1 aromatic heterocycles. The first kappa shape index (κ1) is 16.8. The number of aromatic carboxylic acids is 1. The molecule has 8 heteroatoms. The maximum absolute atomic E-state index is 12.4. The molecule has 0 fully saturated rings. The Morgan fingerprint density at radius 2 is 1.93 bits per heavy atom. The summed E-state index contributed by atoms with van der Waals surface area (Å²) < 4.78 is 6.89. The third kappa shape index (κ3) is 3.37. The molecule has 1 unspecified atom stereocenters. The molecule has 1 aliphatic heterocycles. The minimum Gasteiger partial charge on any atom is -0.491 e. The van der Waals surface area contributed by atoms with Crippen LogP contribution >= 0.6 is 0 Å². The van der Waals surface area contributed by atoms with Gasteiger partial charge in [-0.2, -0.15) is 9.67 Å². The second kappa shape index (κ2) is 6.91. The number of ether oxygens (including phenoxy) is 1. The molecule has 0 spiro atoms. The summed E-state index contributed by atoms with van der Waals surface area (Å²) in [4.78, 5) is 28.0. The van der Waals surface area contributed by atoms with Crippen molar-refractivity contribution in [3.63, 3.8) is 0 Å². The van der Waals surface area contributed by atoms with Crippen LogP contribution in [-0.2, 0) is 0 Å². The van der Waals surface area contributed by atoms with Gasteiger partial charge in [0.25, 0.3) is 5.91 Å². The average Bonchev–Trinajstić information content (AvgIpc) is 3.12. The van der Waals surface area contributed by atoms with Gasteiger partial charge in [-0.1, -0.05) is 42.5 Å². The number of carbonyl (C=O) groups is 2. The fraction of sp³-hybridized carbons (Fsp3) is 0.158. The van der Waals surface area contributed by atoms with E-state index < -0.39 is 5.97 Å². The lowest BCUT2D eigenvalue weighted by molar-refractivity contribution is 0.0690. The zero-order valence-corrected chi connectivity index (χ0v) is 14.2. The lowest BCUT2D eigenvalue weighted by Gasteiger charge is -2.23. The van der Waals surface area contributed by atoms with E-state index in [4.69, 9.17) is 4.74 Å².